The highest BCUT2D eigenvalue weighted by Gasteiger charge is 2.15. The zero-order valence-corrected chi connectivity index (χ0v) is 10.4. The summed E-state index contributed by atoms with van der Waals surface area (Å²) in [4.78, 5) is 2.64. The SMILES string of the molecule is CCSCCCN1CCNCCC1C. The Hall–Kier alpha value is 0.270. The molecule has 1 unspecified atom stereocenters. The number of hydrogen-bond acceptors (Lipinski definition) is 3. The second-order valence-electron chi connectivity index (χ2n) is 3.97. The molecule has 1 heterocycles. The lowest BCUT2D eigenvalue weighted by Crippen LogP contribution is -2.35. The maximum absolute atomic E-state index is 3.46. The van der Waals surface area contributed by atoms with Gasteiger partial charge in [-0.1, -0.05) is 6.92 Å². The molecule has 1 saturated heterocycles. The standard InChI is InChI=1S/C11H24N2S/c1-3-14-10-4-8-13-9-7-12-6-5-11(13)2/h11-12H,3-10H2,1-2H3. The summed E-state index contributed by atoms with van der Waals surface area (Å²) in [6.45, 7) is 9.49. The van der Waals surface area contributed by atoms with Gasteiger partial charge in [0.1, 0.15) is 0 Å². The fourth-order valence-corrected chi connectivity index (χ4v) is 2.53. The molecule has 84 valence electrons. The van der Waals surface area contributed by atoms with Crippen molar-refractivity contribution in [2.24, 2.45) is 0 Å². The van der Waals surface area contributed by atoms with E-state index in [0.717, 1.165) is 6.04 Å². The van der Waals surface area contributed by atoms with Gasteiger partial charge in [0.05, 0.1) is 0 Å². The predicted molar refractivity (Wildman–Crippen MR) is 66.1 cm³/mol. The summed E-state index contributed by atoms with van der Waals surface area (Å²) in [6.07, 6.45) is 2.66. The van der Waals surface area contributed by atoms with Crippen molar-refractivity contribution in [2.75, 3.05) is 37.7 Å². The van der Waals surface area contributed by atoms with Gasteiger partial charge in [0.25, 0.3) is 0 Å². The second-order valence-corrected chi connectivity index (χ2v) is 5.37. The van der Waals surface area contributed by atoms with Crippen molar-refractivity contribution in [1.29, 1.82) is 0 Å². The minimum absolute atomic E-state index is 0.775. The fraction of sp³-hybridized carbons (Fsp3) is 1.00. The van der Waals surface area contributed by atoms with Crippen molar-refractivity contribution in [3.05, 3.63) is 0 Å². The molecule has 0 aromatic heterocycles. The van der Waals surface area contributed by atoms with Gasteiger partial charge in [-0.05, 0) is 44.4 Å². The van der Waals surface area contributed by atoms with Crippen molar-refractivity contribution in [2.45, 2.75) is 32.7 Å². The molecule has 0 spiro atoms. The summed E-state index contributed by atoms with van der Waals surface area (Å²) in [6, 6.07) is 0.775. The van der Waals surface area contributed by atoms with E-state index in [2.05, 4.69) is 35.8 Å². The lowest BCUT2D eigenvalue weighted by Gasteiger charge is -2.26. The molecule has 1 fully saturated rings. The van der Waals surface area contributed by atoms with Crippen LogP contribution < -0.4 is 5.32 Å². The summed E-state index contributed by atoms with van der Waals surface area (Å²) < 4.78 is 0. The molecule has 1 rings (SSSR count). The number of hydrogen-bond donors (Lipinski definition) is 1. The minimum Gasteiger partial charge on any atom is -0.315 e. The molecule has 1 aliphatic rings. The minimum atomic E-state index is 0.775. The van der Waals surface area contributed by atoms with Crippen LogP contribution in [-0.4, -0.2) is 48.6 Å². The molecule has 0 saturated carbocycles. The largest absolute Gasteiger partial charge is 0.315 e. The maximum Gasteiger partial charge on any atom is 0.0110 e. The van der Waals surface area contributed by atoms with Crippen LogP contribution in [0, 0.1) is 0 Å². The highest BCUT2D eigenvalue weighted by Crippen LogP contribution is 2.08. The highest BCUT2D eigenvalue weighted by molar-refractivity contribution is 7.99. The lowest BCUT2D eigenvalue weighted by atomic mass is 10.2. The monoisotopic (exact) mass is 216 g/mol. The predicted octanol–water partition coefficient (Wildman–Crippen LogP) is 1.81. The van der Waals surface area contributed by atoms with E-state index in [4.69, 9.17) is 0 Å². The fourth-order valence-electron chi connectivity index (χ4n) is 1.91. The van der Waals surface area contributed by atoms with E-state index >= 15 is 0 Å². The zero-order chi connectivity index (χ0) is 10.2. The lowest BCUT2D eigenvalue weighted by molar-refractivity contribution is 0.221. The van der Waals surface area contributed by atoms with Crippen molar-refractivity contribution in [3.8, 4) is 0 Å². The van der Waals surface area contributed by atoms with Crippen LogP contribution in [0.4, 0.5) is 0 Å². The van der Waals surface area contributed by atoms with Crippen LogP contribution in [-0.2, 0) is 0 Å². The van der Waals surface area contributed by atoms with Crippen molar-refractivity contribution >= 4 is 11.8 Å². The van der Waals surface area contributed by atoms with E-state index in [1.807, 2.05) is 0 Å². The van der Waals surface area contributed by atoms with Gasteiger partial charge in [0.2, 0.25) is 0 Å². The van der Waals surface area contributed by atoms with Gasteiger partial charge in [0, 0.05) is 19.1 Å². The first-order chi connectivity index (χ1) is 6.84. The van der Waals surface area contributed by atoms with E-state index in [1.165, 1.54) is 50.5 Å². The topological polar surface area (TPSA) is 15.3 Å². The third-order valence-electron chi connectivity index (χ3n) is 2.88. The second kappa shape index (κ2) is 7.55. The molecule has 0 radical (unpaired) electrons. The molecular formula is C11H24N2S. The Morgan fingerprint density at radius 1 is 1.43 bits per heavy atom. The summed E-state index contributed by atoms with van der Waals surface area (Å²) >= 11 is 2.06. The number of nitrogens with one attached hydrogen (secondary N) is 1. The van der Waals surface area contributed by atoms with Crippen LogP contribution in [0.3, 0.4) is 0 Å². The number of rotatable bonds is 5. The molecule has 1 atom stereocenters. The molecule has 0 bridgehead atoms. The number of thioether (sulfide) groups is 1. The first kappa shape index (κ1) is 12.3. The van der Waals surface area contributed by atoms with E-state index in [0.29, 0.717) is 0 Å². The molecular weight excluding hydrogens is 192 g/mol. The van der Waals surface area contributed by atoms with Gasteiger partial charge in [-0.15, -0.1) is 0 Å². The third-order valence-corrected chi connectivity index (χ3v) is 3.86. The van der Waals surface area contributed by atoms with Crippen molar-refractivity contribution < 1.29 is 0 Å². The molecule has 0 aromatic carbocycles. The zero-order valence-electron chi connectivity index (χ0n) is 9.59. The van der Waals surface area contributed by atoms with Crippen LogP contribution in [0.25, 0.3) is 0 Å². The van der Waals surface area contributed by atoms with Gasteiger partial charge in [0.15, 0.2) is 0 Å². The summed E-state index contributed by atoms with van der Waals surface area (Å²) in [7, 11) is 0. The molecule has 0 aromatic rings. The Bertz CT molecular complexity index is 141. The highest BCUT2D eigenvalue weighted by atomic mass is 32.2. The van der Waals surface area contributed by atoms with Crippen molar-refractivity contribution in [3.63, 3.8) is 0 Å². The Morgan fingerprint density at radius 2 is 2.29 bits per heavy atom. The van der Waals surface area contributed by atoms with Gasteiger partial charge >= 0.3 is 0 Å². The third kappa shape index (κ3) is 4.67. The average Bonchev–Trinajstić information content (AvgIpc) is 2.39. The van der Waals surface area contributed by atoms with Crippen LogP contribution >= 0.6 is 11.8 Å². The average molecular weight is 216 g/mol. The first-order valence-corrected chi connectivity index (χ1v) is 7.02. The molecule has 0 amide bonds. The van der Waals surface area contributed by atoms with Crippen molar-refractivity contribution in [1.82, 2.24) is 10.2 Å². The summed E-state index contributed by atoms with van der Waals surface area (Å²) in [5.41, 5.74) is 0. The van der Waals surface area contributed by atoms with Gasteiger partial charge in [-0.25, -0.2) is 0 Å². The van der Waals surface area contributed by atoms with Crippen LogP contribution in [0.2, 0.25) is 0 Å². The molecule has 3 heteroatoms. The van der Waals surface area contributed by atoms with Crippen LogP contribution in [0.15, 0.2) is 0 Å². The smallest absolute Gasteiger partial charge is 0.0110 e. The quantitative estimate of drug-likeness (QED) is 0.706. The molecule has 0 aliphatic carbocycles. The first-order valence-electron chi connectivity index (χ1n) is 5.87. The molecule has 2 nitrogen and oxygen atoms in total. The van der Waals surface area contributed by atoms with E-state index in [-0.39, 0.29) is 0 Å². The normalized spacial score (nSPS) is 24.9. The maximum atomic E-state index is 3.46. The van der Waals surface area contributed by atoms with E-state index < -0.39 is 0 Å². The van der Waals surface area contributed by atoms with Crippen LogP contribution in [0.1, 0.15) is 26.7 Å². The molecule has 1 aliphatic heterocycles. The Labute approximate surface area is 92.8 Å². The van der Waals surface area contributed by atoms with Gasteiger partial charge < -0.3 is 5.32 Å². The Morgan fingerprint density at radius 3 is 3.07 bits per heavy atom. The van der Waals surface area contributed by atoms with E-state index in [1.54, 1.807) is 0 Å². The van der Waals surface area contributed by atoms with Crippen LogP contribution in [0.5, 0.6) is 0 Å². The number of nitrogens with zero attached hydrogens (tertiary/aromatic N) is 1. The molecule has 14 heavy (non-hydrogen) atoms. The Balaban J connectivity index is 2.13. The van der Waals surface area contributed by atoms with E-state index in [9.17, 15) is 0 Å². The summed E-state index contributed by atoms with van der Waals surface area (Å²) in [5.74, 6) is 2.59. The van der Waals surface area contributed by atoms with Gasteiger partial charge in [-0.2, -0.15) is 11.8 Å². The molecule has 1 N–H and O–H groups in total. The summed E-state index contributed by atoms with van der Waals surface area (Å²) in [5, 5.41) is 3.46. The Kier molecular flexibility index (Phi) is 6.65. The van der Waals surface area contributed by atoms with Gasteiger partial charge in [-0.3, -0.25) is 4.90 Å².